The molecule has 4 aromatic rings. The Morgan fingerprint density at radius 2 is 1.63 bits per heavy atom. The quantitative estimate of drug-likeness (QED) is 0.346. The normalized spacial score (nSPS) is 11.1. The monoisotopic (exact) mass is 400 g/mol. The van der Waals surface area contributed by atoms with E-state index in [0.29, 0.717) is 22.7 Å². The number of nitrogens with zero attached hydrogens (tertiary/aromatic N) is 1. The van der Waals surface area contributed by atoms with Gasteiger partial charge in [-0.3, -0.25) is 9.59 Å². The lowest BCUT2D eigenvalue weighted by Gasteiger charge is -2.09. The summed E-state index contributed by atoms with van der Waals surface area (Å²) in [6.07, 6.45) is 1.74. The smallest absolute Gasteiger partial charge is 0.298 e. The van der Waals surface area contributed by atoms with Crippen molar-refractivity contribution in [1.29, 1.82) is 0 Å². The molecule has 5 heteroatoms. The maximum Gasteiger partial charge on any atom is 0.298 e. The summed E-state index contributed by atoms with van der Waals surface area (Å²) in [5.74, 6) is -1.37. The fourth-order valence-corrected chi connectivity index (χ4v) is 3.45. The lowest BCUT2D eigenvalue weighted by Crippen LogP contribution is -2.24. The standard InChI is InChI=1S/C25H21FN2O2/c1-16(2)17-8-12-20(13-9-17)27-25(30)24(29)23-22(18-6-10-19(26)11-7-18)15-21-5-3-4-14-28(21)23/h3-16H,1-2H3,(H,27,30). The van der Waals surface area contributed by atoms with Crippen LogP contribution in [-0.4, -0.2) is 16.1 Å². The first-order valence-electron chi connectivity index (χ1n) is 9.75. The van der Waals surface area contributed by atoms with Gasteiger partial charge in [0.25, 0.3) is 11.7 Å². The largest absolute Gasteiger partial charge is 0.319 e. The minimum absolute atomic E-state index is 0.244. The number of carbonyl (C=O) groups excluding carboxylic acids is 2. The van der Waals surface area contributed by atoms with Crippen molar-refractivity contribution in [3.05, 3.63) is 96.1 Å². The van der Waals surface area contributed by atoms with E-state index in [1.165, 1.54) is 12.1 Å². The van der Waals surface area contributed by atoms with Crippen LogP contribution >= 0.6 is 0 Å². The van der Waals surface area contributed by atoms with Crippen LogP contribution in [0.3, 0.4) is 0 Å². The molecule has 0 aliphatic rings. The van der Waals surface area contributed by atoms with Crippen molar-refractivity contribution in [2.24, 2.45) is 0 Å². The van der Waals surface area contributed by atoms with E-state index in [0.717, 1.165) is 11.1 Å². The van der Waals surface area contributed by atoms with Crippen LogP contribution in [0.25, 0.3) is 16.6 Å². The van der Waals surface area contributed by atoms with Crippen molar-refractivity contribution in [3.8, 4) is 11.1 Å². The third-order valence-corrected chi connectivity index (χ3v) is 5.09. The molecule has 2 aromatic carbocycles. The molecule has 2 heterocycles. The highest BCUT2D eigenvalue weighted by atomic mass is 19.1. The first-order chi connectivity index (χ1) is 14.4. The Kier molecular flexibility index (Phi) is 5.19. The molecule has 2 aromatic heterocycles. The van der Waals surface area contributed by atoms with Crippen LogP contribution < -0.4 is 5.32 Å². The SMILES string of the molecule is CC(C)c1ccc(NC(=O)C(=O)c2c(-c3ccc(F)cc3)cc3ccccn23)cc1. The summed E-state index contributed by atoms with van der Waals surface area (Å²) in [5, 5.41) is 2.69. The Hall–Kier alpha value is -3.73. The number of benzene rings is 2. The van der Waals surface area contributed by atoms with Gasteiger partial charge in [0, 0.05) is 23.0 Å². The first kappa shape index (κ1) is 19.6. The minimum atomic E-state index is -0.723. The summed E-state index contributed by atoms with van der Waals surface area (Å²) < 4.78 is 15.1. The van der Waals surface area contributed by atoms with Crippen LogP contribution in [0.4, 0.5) is 10.1 Å². The Bertz CT molecular complexity index is 1220. The second kappa shape index (κ2) is 7.95. The summed E-state index contributed by atoms with van der Waals surface area (Å²) >= 11 is 0. The topological polar surface area (TPSA) is 50.6 Å². The van der Waals surface area contributed by atoms with Gasteiger partial charge in [0.15, 0.2) is 0 Å². The van der Waals surface area contributed by atoms with E-state index in [2.05, 4.69) is 19.2 Å². The number of hydrogen-bond acceptors (Lipinski definition) is 2. The number of Topliss-reactive ketones (excluding diaryl/α,β-unsaturated/α-hetero) is 1. The van der Waals surface area contributed by atoms with Crippen LogP contribution in [0.5, 0.6) is 0 Å². The number of anilines is 1. The molecule has 4 rings (SSSR count). The number of hydrogen-bond donors (Lipinski definition) is 1. The van der Waals surface area contributed by atoms with Gasteiger partial charge in [-0.25, -0.2) is 4.39 Å². The minimum Gasteiger partial charge on any atom is -0.319 e. The van der Waals surface area contributed by atoms with Crippen LogP contribution in [0.1, 0.15) is 35.8 Å². The molecule has 0 bridgehead atoms. The lowest BCUT2D eigenvalue weighted by atomic mass is 10.0. The highest BCUT2D eigenvalue weighted by Crippen LogP contribution is 2.29. The number of amides is 1. The van der Waals surface area contributed by atoms with Gasteiger partial charge < -0.3 is 9.72 Å². The summed E-state index contributed by atoms with van der Waals surface area (Å²) in [6, 6.07) is 20.6. The van der Waals surface area contributed by atoms with E-state index in [-0.39, 0.29) is 11.5 Å². The van der Waals surface area contributed by atoms with Crippen molar-refractivity contribution in [2.75, 3.05) is 5.32 Å². The van der Waals surface area contributed by atoms with Crippen molar-refractivity contribution in [3.63, 3.8) is 0 Å². The van der Waals surface area contributed by atoms with E-state index < -0.39 is 11.7 Å². The molecule has 1 amide bonds. The van der Waals surface area contributed by atoms with E-state index in [9.17, 15) is 14.0 Å². The number of ketones is 1. The zero-order valence-corrected chi connectivity index (χ0v) is 16.7. The van der Waals surface area contributed by atoms with E-state index in [1.807, 2.05) is 30.3 Å². The highest BCUT2D eigenvalue weighted by molar-refractivity contribution is 6.47. The first-order valence-corrected chi connectivity index (χ1v) is 9.75. The number of halogens is 1. The zero-order valence-electron chi connectivity index (χ0n) is 16.7. The Labute approximate surface area is 174 Å². The summed E-state index contributed by atoms with van der Waals surface area (Å²) in [4.78, 5) is 25.9. The number of pyridine rings is 1. The fourth-order valence-electron chi connectivity index (χ4n) is 3.45. The van der Waals surface area contributed by atoms with Gasteiger partial charge >= 0.3 is 0 Å². The molecular weight excluding hydrogens is 379 g/mol. The number of nitrogens with one attached hydrogen (secondary N) is 1. The highest BCUT2D eigenvalue weighted by Gasteiger charge is 2.25. The van der Waals surface area contributed by atoms with Gasteiger partial charge in [-0.2, -0.15) is 0 Å². The number of fused-ring (bicyclic) bond motifs is 1. The molecule has 1 N–H and O–H groups in total. The molecule has 0 radical (unpaired) electrons. The predicted octanol–water partition coefficient (Wildman–Crippen LogP) is 5.69. The van der Waals surface area contributed by atoms with Crippen LogP contribution in [0, 0.1) is 5.82 Å². The van der Waals surface area contributed by atoms with Crippen molar-refractivity contribution >= 4 is 22.9 Å². The van der Waals surface area contributed by atoms with E-state index in [1.54, 1.807) is 40.9 Å². The molecule has 0 fully saturated rings. The molecule has 0 atom stereocenters. The second-order valence-corrected chi connectivity index (χ2v) is 7.47. The van der Waals surface area contributed by atoms with E-state index in [4.69, 9.17) is 0 Å². The maximum absolute atomic E-state index is 13.4. The molecule has 0 aliphatic heterocycles. The molecule has 4 nitrogen and oxygen atoms in total. The molecule has 0 saturated carbocycles. The van der Waals surface area contributed by atoms with Gasteiger partial charge in [-0.05, 0) is 59.5 Å². The molecule has 0 unspecified atom stereocenters. The third kappa shape index (κ3) is 3.74. The molecule has 30 heavy (non-hydrogen) atoms. The predicted molar refractivity (Wildman–Crippen MR) is 116 cm³/mol. The van der Waals surface area contributed by atoms with Gasteiger partial charge in [0.2, 0.25) is 0 Å². The van der Waals surface area contributed by atoms with Crippen molar-refractivity contribution in [2.45, 2.75) is 19.8 Å². The zero-order chi connectivity index (χ0) is 21.3. The van der Waals surface area contributed by atoms with E-state index >= 15 is 0 Å². The Balaban J connectivity index is 1.70. The summed E-state index contributed by atoms with van der Waals surface area (Å²) in [6.45, 7) is 4.18. The van der Waals surface area contributed by atoms with Gasteiger partial charge in [-0.15, -0.1) is 0 Å². The van der Waals surface area contributed by atoms with Gasteiger partial charge in [0.1, 0.15) is 11.5 Å². The Morgan fingerprint density at radius 3 is 2.30 bits per heavy atom. The molecule has 0 saturated heterocycles. The summed E-state index contributed by atoms with van der Waals surface area (Å²) in [7, 11) is 0. The number of carbonyl (C=O) groups is 2. The molecular formula is C25H21FN2O2. The van der Waals surface area contributed by atoms with Crippen LogP contribution in [0.2, 0.25) is 0 Å². The van der Waals surface area contributed by atoms with Crippen LogP contribution in [0.15, 0.2) is 79.0 Å². The average molecular weight is 400 g/mol. The summed E-state index contributed by atoms with van der Waals surface area (Å²) in [5.41, 5.74) is 3.97. The van der Waals surface area contributed by atoms with Crippen molar-refractivity contribution < 1.29 is 14.0 Å². The molecule has 150 valence electrons. The Morgan fingerprint density at radius 1 is 0.933 bits per heavy atom. The lowest BCUT2D eigenvalue weighted by molar-refractivity contribution is -0.112. The average Bonchev–Trinajstić information content (AvgIpc) is 3.13. The maximum atomic E-state index is 13.4. The van der Waals surface area contributed by atoms with Gasteiger partial charge in [-0.1, -0.05) is 44.2 Å². The van der Waals surface area contributed by atoms with Gasteiger partial charge in [0.05, 0.1) is 0 Å². The number of aromatic nitrogens is 1. The van der Waals surface area contributed by atoms with Crippen LogP contribution in [-0.2, 0) is 4.79 Å². The third-order valence-electron chi connectivity index (χ3n) is 5.09. The molecule has 0 aliphatic carbocycles. The van der Waals surface area contributed by atoms with Crippen molar-refractivity contribution in [1.82, 2.24) is 4.40 Å². The fraction of sp³-hybridized carbons (Fsp3) is 0.120. The second-order valence-electron chi connectivity index (χ2n) is 7.47. The number of rotatable bonds is 5. The molecule has 0 spiro atoms.